The lowest BCUT2D eigenvalue weighted by Gasteiger charge is -2.27. The van der Waals surface area contributed by atoms with Crippen LogP contribution in [0.4, 0.5) is 11.4 Å². The van der Waals surface area contributed by atoms with Gasteiger partial charge in [-0.05, 0) is 60.2 Å². The van der Waals surface area contributed by atoms with Crippen molar-refractivity contribution in [1.29, 1.82) is 0 Å². The van der Waals surface area contributed by atoms with E-state index in [4.69, 9.17) is 0 Å². The number of hydrogen-bond acceptors (Lipinski definition) is 4. The Hall–Kier alpha value is -3.45. The normalized spacial score (nSPS) is 12.7. The molecule has 2 aromatic carbocycles. The largest absolute Gasteiger partial charge is 0.338 e. The van der Waals surface area contributed by atoms with Crippen molar-refractivity contribution in [2.24, 2.45) is 0 Å². The Morgan fingerprint density at radius 3 is 2.47 bits per heavy atom. The van der Waals surface area contributed by atoms with Crippen LogP contribution in [-0.2, 0) is 22.6 Å². The molecule has 6 nitrogen and oxygen atoms in total. The molecule has 0 aliphatic carbocycles. The third-order valence-electron chi connectivity index (χ3n) is 5.62. The molecule has 0 radical (unpaired) electrons. The van der Waals surface area contributed by atoms with E-state index in [2.05, 4.69) is 22.1 Å². The van der Waals surface area contributed by atoms with Crippen LogP contribution in [0.5, 0.6) is 0 Å². The summed E-state index contributed by atoms with van der Waals surface area (Å²) in [5, 5.41) is 7.82. The van der Waals surface area contributed by atoms with Crippen molar-refractivity contribution in [2.45, 2.75) is 32.7 Å². The molecule has 0 saturated heterocycles. The quantitative estimate of drug-likeness (QED) is 0.579. The maximum atomic E-state index is 12.6. The van der Waals surface area contributed by atoms with Gasteiger partial charge in [-0.25, -0.2) is 0 Å². The second-order valence-corrected chi connectivity index (χ2v) is 8.78. The molecule has 3 aromatic rings. The van der Waals surface area contributed by atoms with Gasteiger partial charge in [0.2, 0.25) is 11.8 Å². The van der Waals surface area contributed by atoms with Gasteiger partial charge in [-0.1, -0.05) is 24.3 Å². The number of anilines is 2. The lowest BCUT2D eigenvalue weighted by atomic mass is 10.1. The summed E-state index contributed by atoms with van der Waals surface area (Å²) in [6.07, 6.45) is 1.17. The molecule has 0 bridgehead atoms. The number of benzene rings is 2. The van der Waals surface area contributed by atoms with Crippen LogP contribution >= 0.6 is 11.3 Å². The number of nitrogens with one attached hydrogen (secondary N) is 2. The fourth-order valence-corrected chi connectivity index (χ4v) is 4.63. The number of nitrogens with zero attached hydrogens (tertiary/aromatic N) is 1. The average Bonchev–Trinajstić information content (AvgIpc) is 3.28. The van der Waals surface area contributed by atoms with Crippen molar-refractivity contribution in [1.82, 2.24) is 4.90 Å². The maximum Gasteiger partial charge on any atom is 0.255 e. The van der Waals surface area contributed by atoms with E-state index in [1.807, 2.05) is 30.0 Å². The van der Waals surface area contributed by atoms with E-state index in [-0.39, 0.29) is 30.6 Å². The molecule has 0 unspecified atom stereocenters. The Bertz CT molecular complexity index is 1140. The molecule has 1 aliphatic heterocycles. The molecule has 0 atom stereocenters. The molecule has 2 N–H and O–H groups in total. The van der Waals surface area contributed by atoms with Gasteiger partial charge >= 0.3 is 0 Å². The lowest BCUT2D eigenvalue weighted by Crippen LogP contribution is -2.35. The number of thiophene rings is 1. The summed E-state index contributed by atoms with van der Waals surface area (Å²) < 4.78 is 0. The van der Waals surface area contributed by atoms with Crippen LogP contribution < -0.4 is 10.6 Å². The lowest BCUT2D eigenvalue weighted by molar-refractivity contribution is -0.133. The Morgan fingerprint density at radius 2 is 1.69 bits per heavy atom. The highest BCUT2D eigenvalue weighted by molar-refractivity contribution is 7.10. The molecule has 1 aliphatic rings. The molecule has 2 heterocycles. The van der Waals surface area contributed by atoms with Crippen molar-refractivity contribution in [3.8, 4) is 0 Å². The summed E-state index contributed by atoms with van der Waals surface area (Å²) >= 11 is 1.73. The number of carbonyl (C=O) groups excluding carboxylic acids is 3. The molecule has 164 valence electrons. The Balaban J connectivity index is 1.32. The van der Waals surface area contributed by atoms with Crippen molar-refractivity contribution < 1.29 is 14.4 Å². The molecule has 0 spiro atoms. The summed E-state index contributed by atoms with van der Waals surface area (Å²) in [4.78, 5) is 40.7. The second-order valence-electron chi connectivity index (χ2n) is 7.78. The van der Waals surface area contributed by atoms with E-state index >= 15 is 0 Å². The summed E-state index contributed by atoms with van der Waals surface area (Å²) in [6.45, 7) is 3.17. The van der Waals surface area contributed by atoms with E-state index in [9.17, 15) is 14.4 Å². The van der Waals surface area contributed by atoms with Gasteiger partial charge in [0.05, 0.1) is 0 Å². The SMILES string of the molecule is Cc1c(NC(=O)CCC(=O)N2CCc3sccc3C2)cccc1NC(=O)c1ccccc1. The van der Waals surface area contributed by atoms with Gasteiger partial charge in [-0.2, -0.15) is 0 Å². The highest BCUT2D eigenvalue weighted by Crippen LogP contribution is 2.26. The monoisotopic (exact) mass is 447 g/mol. The number of rotatable bonds is 6. The smallest absolute Gasteiger partial charge is 0.255 e. The van der Waals surface area contributed by atoms with Crippen LogP contribution in [0, 0.1) is 6.92 Å². The van der Waals surface area contributed by atoms with Crippen LogP contribution in [0.3, 0.4) is 0 Å². The van der Waals surface area contributed by atoms with Gasteiger partial charge in [-0.3, -0.25) is 14.4 Å². The minimum atomic E-state index is -0.221. The predicted molar refractivity (Wildman–Crippen MR) is 127 cm³/mol. The van der Waals surface area contributed by atoms with E-state index in [0.717, 1.165) is 12.0 Å². The van der Waals surface area contributed by atoms with E-state index in [1.54, 1.807) is 41.7 Å². The number of amides is 3. The standard InChI is InChI=1S/C25H25N3O3S/c1-17-20(8-5-9-21(17)27-25(31)18-6-3-2-4-7-18)26-23(29)10-11-24(30)28-14-12-22-19(16-28)13-15-32-22/h2-9,13,15H,10-12,14,16H2,1H3,(H,26,29)(H,27,31). The molecule has 32 heavy (non-hydrogen) atoms. The van der Waals surface area contributed by atoms with Crippen LogP contribution in [0.15, 0.2) is 60.0 Å². The first-order valence-corrected chi connectivity index (χ1v) is 11.5. The topological polar surface area (TPSA) is 78.5 Å². The molecule has 1 aromatic heterocycles. The van der Waals surface area contributed by atoms with Gasteiger partial charge in [-0.15, -0.1) is 11.3 Å². The van der Waals surface area contributed by atoms with Gasteiger partial charge in [0, 0.05) is 47.7 Å². The first-order chi connectivity index (χ1) is 15.5. The minimum absolute atomic E-state index is 0.00222. The molecule has 0 saturated carbocycles. The van der Waals surface area contributed by atoms with Gasteiger partial charge in [0.25, 0.3) is 5.91 Å². The zero-order chi connectivity index (χ0) is 22.5. The Labute approximate surface area is 191 Å². The third kappa shape index (κ3) is 5.06. The van der Waals surface area contributed by atoms with Crippen LogP contribution in [0.25, 0.3) is 0 Å². The third-order valence-corrected chi connectivity index (χ3v) is 6.64. The summed E-state index contributed by atoms with van der Waals surface area (Å²) in [6, 6.07) is 16.4. The van der Waals surface area contributed by atoms with Gasteiger partial charge < -0.3 is 15.5 Å². The zero-order valence-electron chi connectivity index (χ0n) is 17.9. The number of carbonyl (C=O) groups is 3. The van der Waals surface area contributed by atoms with Crippen molar-refractivity contribution in [2.75, 3.05) is 17.2 Å². The number of fused-ring (bicyclic) bond motifs is 1. The highest BCUT2D eigenvalue weighted by atomic mass is 32.1. The summed E-state index contributed by atoms with van der Waals surface area (Å²) in [5.41, 5.74) is 3.79. The van der Waals surface area contributed by atoms with Crippen molar-refractivity contribution >= 4 is 40.4 Å². The predicted octanol–water partition coefficient (Wildman–Crippen LogP) is 4.61. The highest BCUT2D eigenvalue weighted by Gasteiger charge is 2.22. The Morgan fingerprint density at radius 1 is 0.938 bits per heavy atom. The molecular formula is C25H25N3O3S. The van der Waals surface area contributed by atoms with Crippen LogP contribution in [0.1, 0.15) is 39.2 Å². The zero-order valence-corrected chi connectivity index (χ0v) is 18.7. The first kappa shape index (κ1) is 21.8. The maximum absolute atomic E-state index is 12.6. The molecular weight excluding hydrogens is 422 g/mol. The first-order valence-electron chi connectivity index (χ1n) is 10.6. The summed E-state index contributed by atoms with van der Waals surface area (Å²) in [5.74, 6) is -0.433. The van der Waals surface area contributed by atoms with E-state index in [1.165, 1.54) is 10.4 Å². The Kier molecular flexibility index (Phi) is 6.66. The number of hydrogen-bond donors (Lipinski definition) is 2. The molecule has 0 fully saturated rings. The van der Waals surface area contributed by atoms with Crippen molar-refractivity contribution in [3.63, 3.8) is 0 Å². The van der Waals surface area contributed by atoms with Gasteiger partial charge in [0.1, 0.15) is 0 Å². The van der Waals surface area contributed by atoms with E-state index < -0.39 is 0 Å². The average molecular weight is 448 g/mol. The van der Waals surface area contributed by atoms with E-state index in [0.29, 0.717) is 30.0 Å². The van der Waals surface area contributed by atoms with Crippen molar-refractivity contribution in [3.05, 3.63) is 81.5 Å². The fourth-order valence-electron chi connectivity index (χ4n) is 3.74. The van der Waals surface area contributed by atoms with Crippen LogP contribution in [0.2, 0.25) is 0 Å². The minimum Gasteiger partial charge on any atom is -0.338 e. The fraction of sp³-hybridized carbons (Fsp3) is 0.240. The second kappa shape index (κ2) is 9.78. The van der Waals surface area contributed by atoms with Crippen LogP contribution in [-0.4, -0.2) is 29.2 Å². The van der Waals surface area contributed by atoms with Gasteiger partial charge in [0.15, 0.2) is 0 Å². The molecule has 4 rings (SSSR count). The molecule has 3 amide bonds. The molecule has 7 heteroatoms. The summed E-state index contributed by atoms with van der Waals surface area (Å²) in [7, 11) is 0.